The van der Waals surface area contributed by atoms with Gasteiger partial charge in [0.25, 0.3) is 0 Å². The van der Waals surface area contributed by atoms with E-state index < -0.39 is 5.60 Å². The molecule has 0 unspecified atom stereocenters. The number of hydrogen-bond acceptors (Lipinski definition) is 6. The monoisotopic (exact) mass is 320 g/mol. The van der Waals surface area contributed by atoms with Crippen molar-refractivity contribution in [3.05, 3.63) is 24.3 Å². The number of hydrogen-bond donors (Lipinski definition) is 0. The summed E-state index contributed by atoms with van der Waals surface area (Å²) in [5.41, 5.74) is -0.134. The molecule has 23 heavy (non-hydrogen) atoms. The zero-order valence-corrected chi connectivity index (χ0v) is 14.2. The average Bonchev–Trinajstić information content (AvgIpc) is 2.46. The predicted molar refractivity (Wildman–Crippen MR) is 85.2 cm³/mol. The Morgan fingerprint density at radius 2 is 2.04 bits per heavy atom. The first kappa shape index (κ1) is 17.3. The predicted octanol–water partition coefficient (Wildman–Crippen LogP) is 1.60. The van der Waals surface area contributed by atoms with Crippen LogP contribution in [0, 0.1) is 0 Å². The van der Waals surface area contributed by atoms with Gasteiger partial charge in [-0.05, 0) is 27.7 Å². The van der Waals surface area contributed by atoms with Gasteiger partial charge in [-0.2, -0.15) is 0 Å². The molecule has 0 bridgehead atoms. The van der Waals surface area contributed by atoms with Crippen LogP contribution in [0.5, 0.6) is 0 Å². The largest absolute Gasteiger partial charge is 0.444 e. The van der Waals surface area contributed by atoms with Crippen LogP contribution in [-0.4, -0.2) is 69.5 Å². The van der Waals surface area contributed by atoms with Gasteiger partial charge in [0.1, 0.15) is 11.3 Å². The standard InChI is InChI=1S/C16H24N4O3/c1-12-10-19(11-14(21)13-9-17-5-6-18-13)7-8-20(12)15(22)23-16(2,3)4/h5-6,9,12H,7-8,10-11H2,1-4H3/t12-/m0/s1. The molecule has 0 radical (unpaired) electrons. The summed E-state index contributed by atoms with van der Waals surface area (Å²) in [6.45, 7) is 9.61. The summed E-state index contributed by atoms with van der Waals surface area (Å²) in [5, 5.41) is 0. The van der Waals surface area contributed by atoms with Gasteiger partial charge < -0.3 is 9.64 Å². The Morgan fingerprint density at radius 3 is 2.61 bits per heavy atom. The summed E-state index contributed by atoms with van der Waals surface area (Å²) in [6.07, 6.45) is 4.22. The summed E-state index contributed by atoms with van der Waals surface area (Å²) in [6, 6.07) is -0.00624. The SMILES string of the molecule is C[C@H]1CN(CC(=O)c2cnccn2)CCN1C(=O)OC(C)(C)C. The number of nitrogens with zero attached hydrogens (tertiary/aromatic N) is 4. The molecule has 1 aromatic heterocycles. The summed E-state index contributed by atoms with van der Waals surface area (Å²) >= 11 is 0. The van der Waals surface area contributed by atoms with Crippen molar-refractivity contribution < 1.29 is 14.3 Å². The number of aromatic nitrogens is 2. The zero-order valence-electron chi connectivity index (χ0n) is 14.2. The highest BCUT2D eigenvalue weighted by Gasteiger charge is 2.31. The molecule has 2 rings (SSSR count). The van der Waals surface area contributed by atoms with E-state index in [1.165, 1.54) is 12.4 Å². The van der Waals surface area contributed by atoms with Crippen molar-refractivity contribution in [2.45, 2.75) is 39.3 Å². The van der Waals surface area contributed by atoms with Gasteiger partial charge in [0.2, 0.25) is 0 Å². The molecule has 1 saturated heterocycles. The summed E-state index contributed by atoms with van der Waals surface area (Å²) in [4.78, 5) is 36.0. The summed E-state index contributed by atoms with van der Waals surface area (Å²) in [5.74, 6) is -0.0592. The van der Waals surface area contributed by atoms with Crippen LogP contribution in [0.2, 0.25) is 0 Å². The molecule has 1 aliphatic rings. The van der Waals surface area contributed by atoms with Crippen LogP contribution < -0.4 is 0 Å². The fourth-order valence-corrected chi connectivity index (χ4v) is 2.50. The van der Waals surface area contributed by atoms with Crippen LogP contribution in [-0.2, 0) is 4.74 Å². The molecule has 1 amide bonds. The molecule has 7 nitrogen and oxygen atoms in total. The maximum absolute atomic E-state index is 12.2. The molecular formula is C16H24N4O3. The van der Waals surface area contributed by atoms with E-state index >= 15 is 0 Å². The molecule has 1 atom stereocenters. The van der Waals surface area contributed by atoms with E-state index in [1.807, 2.05) is 32.6 Å². The van der Waals surface area contributed by atoms with E-state index in [0.717, 1.165) is 0 Å². The third-order valence-electron chi connectivity index (χ3n) is 3.56. The van der Waals surface area contributed by atoms with E-state index in [4.69, 9.17) is 4.74 Å². The Hall–Kier alpha value is -2.02. The van der Waals surface area contributed by atoms with E-state index in [0.29, 0.717) is 25.3 Å². The molecule has 1 aromatic rings. The Kier molecular flexibility index (Phi) is 5.30. The van der Waals surface area contributed by atoms with Gasteiger partial charge in [-0.25, -0.2) is 9.78 Å². The van der Waals surface area contributed by atoms with E-state index in [9.17, 15) is 9.59 Å². The quantitative estimate of drug-likeness (QED) is 0.788. The molecule has 2 heterocycles. The Balaban J connectivity index is 1.89. The molecule has 0 spiro atoms. The van der Waals surface area contributed by atoms with Gasteiger partial charge in [0.05, 0.1) is 12.7 Å². The highest BCUT2D eigenvalue weighted by molar-refractivity contribution is 5.95. The zero-order chi connectivity index (χ0) is 17.0. The number of ketones is 1. The van der Waals surface area contributed by atoms with Crippen molar-refractivity contribution in [2.24, 2.45) is 0 Å². The maximum atomic E-state index is 12.2. The Morgan fingerprint density at radius 1 is 1.30 bits per heavy atom. The number of Topliss-reactive ketones (excluding diaryl/α,β-unsaturated/α-hetero) is 1. The average molecular weight is 320 g/mol. The van der Waals surface area contributed by atoms with Gasteiger partial charge in [0.15, 0.2) is 5.78 Å². The lowest BCUT2D eigenvalue weighted by Crippen LogP contribution is -2.55. The lowest BCUT2D eigenvalue weighted by atomic mass is 10.1. The second kappa shape index (κ2) is 7.04. The fourth-order valence-electron chi connectivity index (χ4n) is 2.50. The molecular weight excluding hydrogens is 296 g/mol. The lowest BCUT2D eigenvalue weighted by Gasteiger charge is -2.39. The first-order chi connectivity index (χ1) is 10.8. The molecule has 126 valence electrons. The van der Waals surface area contributed by atoms with Gasteiger partial charge in [-0.15, -0.1) is 0 Å². The first-order valence-corrected chi connectivity index (χ1v) is 7.77. The van der Waals surface area contributed by atoms with E-state index in [-0.39, 0.29) is 24.5 Å². The van der Waals surface area contributed by atoms with Crippen LogP contribution in [0.15, 0.2) is 18.6 Å². The van der Waals surface area contributed by atoms with Gasteiger partial charge in [-0.1, -0.05) is 0 Å². The molecule has 1 aliphatic heterocycles. The van der Waals surface area contributed by atoms with Crippen molar-refractivity contribution >= 4 is 11.9 Å². The van der Waals surface area contributed by atoms with Gasteiger partial charge in [-0.3, -0.25) is 14.7 Å². The van der Waals surface area contributed by atoms with Crippen molar-refractivity contribution in [1.29, 1.82) is 0 Å². The molecule has 0 aliphatic carbocycles. The third-order valence-corrected chi connectivity index (χ3v) is 3.56. The van der Waals surface area contributed by atoms with Crippen molar-refractivity contribution in [3.8, 4) is 0 Å². The summed E-state index contributed by atoms with van der Waals surface area (Å²) < 4.78 is 5.42. The van der Waals surface area contributed by atoms with Crippen LogP contribution in [0.3, 0.4) is 0 Å². The van der Waals surface area contributed by atoms with Crippen molar-refractivity contribution in [1.82, 2.24) is 19.8 Å². The van der Waals surface area contributed by atoms with E-state index in [1.54, 1.807) is 11.1 Å². The molecule has 0 aromatic carbocycles. The Bertz CT molecular complexity index is 556. The third kappa shape index (κ3) is 4.99. The number of ether oxygens (including phenoxy) is 1. The fraction of sp³-hybridized carbons (Fsp3) is 0.625. The number of amides is 1. The van der Waals surface area contributed by atoms with Crippen LogP contribution >= 0.6 is 0 Å². The van der Waals surface area contributed by atoms with Gasteiger partial charge in [0, 0.05) is 38.1 Å². The number of carbonyl (C=O) groups excluding carboxylic acids is 2. The number of piperazine rings is 1. The molecule has 7 heteroatoms. The lowest BCUT2D eigenvalue weighted by molar-refractivity contribution is 0.00218. The van der Waals surface area contributed by atoms with Crippen molar-refractivity contribution in [3.63, 3.8) is 0 Å². The highest BCUT2D eigenvalue weighted by Crippen LogP contribution is 2.15. The van der Waals surface area contributed by atoms with Crippen LogP contribution in [0.1, 0.15) is 38.2 Å². The number of carbonyl (C=O) groups is 2. The first-order valence-electron chi connectivity index (χ1n) is 7.77. The topological polar surface area (TPSA) is 75.6 Å². The van der Waals surface area contributed by atoms with Crippen LogP contribution in [0.4, 0.5) is 4.79 Å². The van der Waals surface area contributed by atoms with Crippen molar-refractivity contribution in [2.75, 3.05) is 26.2 Å². The normalized spacial score (nSPS) is 19.5. The second-order valence-corrected chi connectivity index (χ2v) is 6.77. The van der Waals surface area contributed by atoms with Gasteiger partial charge >= 0.3 is 6.09 Å². The molecule has 1 fully saturated rings. The Labute approximate surface area is 136 Å². The maximum Gasteiger partial charge on any atom is 0.410 e. The minimum Gasteiger partial charge on any atom is -0.444 e. The molecule has 0 saturated carbocycles. The molecule has 0 N–H and O–H groups in total. The highest BCUT2D eigenvalue weighted by atomic mass is 16.6. The minimum atomic E-state index is -0.504. The summed E-state index contributed by atoms with van der Waals surface area (Å²) in [7, 11) is 0. The number of rotatable bonds is 3. The van der Waals surface area contributed by atoms with Crippen LogP contribution in [0.25, 0.3) is 0 Å². The second-order valence-electron chi connectivity index (χ2n) is 6.77. The van der Waals surface area contributed by atoms with E-state index in [2.05, 4.69) is 9.97 Å². The smallest absolute Gasteiger partial charge is 0.410 e. The minimum absolute atomic E-state index is 0.00624.